The van der Waals surface area contributed by atoms with Gasteiger partial charge < -0.3 is 9.80 Å². The van der Waals surface area contributed by atoms with Crippen molar-refractivity contribution in [3.63, 3.8) is 0 Å². The number of anilines is 1. The van der Waals surface area contributed by atoms with Gasteiger partial charge in [-0.15, -0.1) is 0 Å². The van der Waals surface area contributed by atoms with Gasteiger partial charge in [0.2, 0.25) is 10.0 Å². The Bertz CT molecular complexity index is 1090. The van der Waals surface area contributed by atoms with E-state index < -0.39 is 21.8 Å². The van der Waals surface area contributed by atoms with E-state index in [4.69, 9.17) is 0 Å². The van der Waals surface area contributed by atoms with Gasteiger partial charge in [-0.05, 0) is 74.2 Å². The number of piperazine rings is 1. The molecule has 2 aromatic rings. The maximum Gasteiger partial charge on any atom is 0.416 e. The van der Waals surface area contributed by atoms with E-state index in [2.05, 4.69) is 40.6 Å². The minimum atomic E-state index is -4.59. The first kappa shape index (κ1) is 23.1. The summed E-state index contributed by atoms with van der Waals surface area (Å²) in [6.45, 7) is 5.82. The highest BCUT2D eigenvalue weighted by molar-refractivity contribution is 7.89. The molecule has 9 heteroatoms. The molecule has 0 aromatic heterocycles. The molecule has 0 bridgehead atoms. The number of fused-ring (bicyclic) bond motifs is 1. The van der Waals surface area contributed by atoms with Gasteiger partial charge >= 0.3 is 6.18 Å². The molecule has 1 atom stereocenters. The van der Waals surface area contributed by atoms with Crippen LogP contribution in [0.4, 0.5) is 18.9 Å². The molecule has 0 radical (unpaired) electrons. The van der Waals surface area contributed by atoms with Crippen LogP contribution in [0.25, 0.3) is 0 Å². The third kappa shape index (κ3) is 4.79. The minimum absolute atomic E-state index is 0.360. The normalized spacial score (nSPS) is 20.3. The van der Waals surface area contributed by atoms with Gasteiger partial charge in [0, 0.05) is 37.9 Å². The quantitative estimate of drug-likeness (QED) is 0.747. The van der Waals surface area contributed by atoms with Gasteiger partial charge in [-0.3, -0.25) is 0 Å². The second-order valence-corrected chi connectivity index (χ2v) is 10.4. The number of alkyl halides is 3. The van der Waals surface area contributed by atoms with Crippen LogP contribution < -0.4 is 9.62 Å². The number of likely N-dealkylation sites (N-methyl/N-ethyl adjacent to an activating group) is 1. The van der Waals surface area contributed by atoms with Crippen molar-refractivity contribution in [1.29, 1.82) is 0 Å². The van der Waals surface area contributed by atoms with Crippen LogP contribution in [-0.4, -0.2) is 52.6 Å². The standard InChI is InChI=1S/C23H28F3N3O2S/c1-16-6-9-22(29-12-10-28(2)11-13-29)21-15-18(7-8-20(16)21)27-32(30,31)19-5-3-4-17(14-19)23(24,25)26/h3-6,9,14,18,27H,7-8,10-13,15H2,1-2H3/t18-/m1/s1. The van der Waals surface area contributed by atoms with Crippen LogP contribution in [0.3, 0.4) is 0 Å². The number of nitrogens with zero attached hydrogens (tertiary/aromatic N) is 2. The zero-order valence-corrected chi connectivity index (χ0v) is 19.1. The van der Waals surface area contributed by atoms with E-state index in [1.165, 1.54) is 17.2 Å². The number of nitrogens with one attached hydrogen (secondary N) is 1. The molecule has 1 N–H and O–H groups in total. The summed E-state index contributed by atoms with van der Waals surface area (Å²) in [5.41, 5.74) is 3.77. The lowest BCUT2D eigenvalue weighted by Crippen LogP contribution is -2.45. The largest absolute Gasteiger partial charge is 0.416 e. The van der Waals surface area contributed by atoms with Crippen molar-refractivity contribution in [1.82, 2.24) is 9.62 Å². The number of sulfonamides is 1. The van der Waals surface area contributed by atoms with E-state index in [1.54, 1.807) is 0 Å². The van der Waals surface area contributed by atoms with Crippen LogP contribution >= 0.6 is 0 Å². The molecule has 32 heavy (non-hydrogen) atoms. The summed E-state index contributed by atoms with van der Waals surface area (Å²) in [7, 11) is -1.97. The van der Waals surface area contributed by atoms with E-state index in [9.17, 15) is 21.6 Å². The second-order valence-electron chi connectivity index (χ2n) is 8.74. The van der Waals surface area contributed by atoms with Crippen LogP contribution in [0, 0.1) is 6.92 Å². The maximum atomic E-state index is 13.0. The molecule has 1 aliphatic carbocycles. The lowest BCUT2D eigenvalue weighted by Gasteiger charge is -2.37. The molecule has 2 aliphatic rings. The van der Waals surface area contributed by atoms with E-state index >= 15 is 0 Å². The smallest absolute Gasteiger partial charge is 0.369 e. The first-order chi connectivity index (χ1) is 15.0. The first-order valence-corrected chi connectivity index (χ1v) is 12.3. The van der Waals surface area contributed by atoms with Crippen molar-refractivity contribution in [3.8, 4) is 0 Å². The molecular formula is C23H28F3N3O2S. The molecule has 174 valence electrons. The summed E-state index contributed by atoms with van der Waals surface area (Å²) < 4.78 is 67.6. The second kappa shape index (κ2) is 8.68. The summed E-state index contributed by atoms with van der Waals surface area (Å²) in [6.07, 6.45) is -2.72. The van der Waals surface area contributed by atoms with Crippen molar-refractivity contribution in [3.05, 3.63) is 58.7 Å². The Kier molecular flexibility index (Phi) is 6.26. The van der Waals surface area contributed by atoms with Gasteiger partial charge in [0.25, 0.3) is 0 Å². The first-order valence-electron chi connectivity index (χ1n) is 10.8. The summed E-state index contributed by atoms with van der Waals surface area (Å²) in [6, 6.07) is 7.77. The van der Waals surface area contributed by atoms with E-state index in [0.717, 1.165) is 56.0 Å². The lowest BCUT2D eigenvalue weighted by atomic mass is 9.84. The van der Waals surface area contributed by atoms with E-state index in [-0.39, 0.29) is 10.9 Å². The van der Waals surface area contributed by atoms with Gasteiger partial charge in [0.05, 0.1) is 10.5 Å². The van der Waals surface area contributed by atoms with Crippen molar-refractivity contribution < 1.29 is 21.6 Å². The van der Waals surface area contributed by atoms with Gasteiger partial charge in [0.1, 0.15) is 0 Å². The molecule has 0 amide bonds. The predicted octanol–water partition coefficient (Wildman–Crippen LogP) is 3.60. The van der Waals surface area contributed by atoms with E-state index in [0.29, 0.717) is 18.9 Å². The summed E-state index contributed by atoms with van der Waals surface area (Å²) >= 11 is 0. The van der Waals surface area contributed by atoms with Gasteiger partial charge in [-0.2, -0.15) is 13.2 Å². The third-order valence-electron chi connectivity index (χ3n) is 6.47. The topological polar surface area (TPSA) is 52.6 Å². The van der Waals surface area contributed by atoms with Crippen molar-refractivity contribution in [2.24, 2.45) is 0 Å². The Hall–Kier alpha value is -2.10. The monoisotopic (exact) mass is 467 g/mol. The molecule has 0 unspecified atom stereocenters. The Morgan fingerprint density at radius 1 is 1.03 bits per heavy atom. The molecule has 1 aliphatic heterocycles. The van der Waals surface area contributed by atoms with Gasteiger partial charge in [0.15, 0.2) is 0 Å². The number of hydrogen-bond donors (Lipinski definition) is 1. The SMILES string of the molecule is Cc1ccc(N2CCN(C)CC2)c2c1CC[C@@H](NS(=O)(=O)c1cccc(C(F)(F)F)c1)C2. The van der Waals surface area contributed by atoms with Crippen LogP contribution in [0.5, 0.6) is 0 Å². The molecule has 1 fully saturated rings. The Labute approximate surface area is 187 Å². The van der Waals surface area contributed by atoms with Crippen molar-refractivity contribution >= 4 is 15.7 Å². The summed E-state index contributed by atoms with van der Waals surface area (Å²) in [4.78, 5) is 4.27. The molecule has 0 spiro atoms. The molecular weight excluding hydrogens is 439 g/mol. The summed E-state index contributed by atoms with van der Waals surface area (Å²) in [5, 5.41) is 0. The van der Waals surface area contributed by atoms with Crippen LogP contribution in [0.2, 0.25) is 0 Å². The fraction of sp³-hybridized carbons (Fsp3) is 0.478. The zero-order valence-electron chi connectivity index (χ0n) is 18.2. The number of rotatable bonds is 4. The molecule has 5 nitrogen and oxygen atoms in total. The molecule has 1 heterocycles. The Morgan fingerprint density at radius 2 is 1.75 bits per heavy atom. The number of hydrogen-bond acceptors (Lipinski definition) is 4. The van der Waals surface area contributed by atoms with Crippen molar-refractivity contribution in [2.75, 3.05) is 38.1 Å². The highest BCUT2D eigenvalue weighted by Crippen LogP contribution is 2.34. The number of benzene rings is 2. The van der Waals surface area contributed by atoms with Crippen LogP contribution in [-0.2, 0) is 29.0 Å². The molecule has 4 rings (SSSR count). The lowest BCUT2D eigenvalue weighted by molar-refractivity contribution is -0.137. The highest BCUT2D eigenvalue weighted by Gasteiger charge is 2.33. The maximum absolute atomic E-state index is 13.0. The average Bonchev–Trinajstić information content (AvgIpc) is 2.74. The minimum Gasteiger partial charge on any atom is -0.369 e. The predicted molar refractivity (Wildman–Crippen MR) is 118 cm³/mol. The highest BCUT2D eigenvalue weighted by atomic mass is 32.2. The Balaban J connectivity index is 1.57. The zero-order chi connectivity index (χ0) is 23.1. The number of aryl methyl sites for hydroxylation is 1. The van der Waals surface area contributed by atoms with Gasteiger partial charge in [-0.1, -0.05) is 12.1 Å². The number of halogens is 3. The van der Waals surface area contributed by atoms with Gasteiger partial charge in [-0.25, -0.2) is 13.1 Å². The van der Waals surface area contributed by atoms with E-state index in [1.807, 2.05) is 0 Å². The fourth-order valence-corrected chi connectivity index (χ4v) is 5.93. The van der Waals surface area contributed by atoms with Crippen LogP contribution in [0.1, 0.15) is 28.7 Å². The van der Waals surface area contributed by atoms with Crippen molar-refractivity contribution in [2.45, 2.75) is 43.3 Å². The fourth-order valence-electron chi connectivity index (χ4n) is 4.61. The molecule has 0 saturated carbocycles. The third-order valence-corrected chi connectivity index (χ3v) is 7.99. The molecule has 1 saturated heterocycles. The molecule has 2 aromatic carbocycles. The van der Waals surface area contributed by atoms with Crippen LogP contribution in [0.15, 0.2) is 41.3 Å². The Morgan fingerprint density at radius 3 is 2.44 bits per heavy atom. The average molecular weight is 468 g/mol. The summed E-state index contributed by atoms with van der Waals surface area (Å²) in [5.74, 6) is 0.